The normalized spacial score (nSPS) is 31.7. The molecule has 1 heteroatoms. The van der Waals surface area contributed by atoms with Gasteiger partial charge in [-0.2, -0.15) is 0 Å². The molecule has 0 amide bonds. The third kappa shape index (κ3) is 2.09. The van der Waals surface area contributed by atoms with Crippen molar-refractivity contribution in [3.05, 3.63) is 0 Å². The first-order valence-electron chi connectivity index (χ1n) is 5.33. The summed E-state index contributed by atoms with van der Waals surface area (Å²) in [6.07, 6.45) is 6.92. The van der Waals surface area contributed by atoms with Crippen molar-refractivity contribution in [1.82, 2.24) is 0 Å². The first kappa shape index (κ1) is 9.76. The summed E-state index contributed by atoms with van der Waals surface area (Å²) < 4.78 is 0. The number of hydrogen-bond acceptors (Lipinski definition) is 1. The van der Waals surface area contributed by atoms with Crippen molar-refractivity contribution in [1.29, 1.82) is 0 Å². The number of carbonyl (C=O) groups is 1. The molecule has 2 atom stereocenters. The molecule has 0 aliphatic heterocycles. The average molecular weight is 168 g/mol. The van der Waals surface area contributed by atoms with Crippen molar-refractivity contribution < 1.29 is 4.79 Å². The van der Waals surface area contributed by atoms with Crippen LogP contribution in [0.25, 0.3) is 0 Å². The van der Waals surface area contributed by atoms with E-state index in [0.29, 0.717) is 17.6 Å². The van der Waals surface area contributed by atoms with E-state index in [2.05, 4.69) is 13.8 Å². The van der Waals surface area contributed by atoms with E-state index in [-0.39, 0.29) is 0 Å². The van der Waals surface area contributed by atoms with E-state index in [9.17, 15) is 4.79 Å². The van der Waals surface area contributed by atoms with E-state index in [1.165, 1.54) is 12.8 Å². The van der Waals surface area contributed by atoms with Crippen LogP contribution in [0.4, 0.5) is 0 Å². The lowest BCUT2D eigenvalue weighted by molar-refractivity contribution is -0.126. The Balaban J connectivity index is 2.59. The van der Waals surface area contributed by atoms with Crippen molar-refractivity contribution in [3.8, 4) is 0 Å². The van der Waals surface area contributed by atoms with Gasteiger partial charge >= 0.3 is 0 Å². The molecule has 0 heterocycles. The zero-order chi connectivity index (χ0) is 8.97. The number of hydrogen-bond donors (Lipinski definition) is 0. The number of carbonyl (C=O) groups excluding carboxylic acids is 1. The summed E-state index contributed by atoms with van der Waals surface area (Å²) in [4.78, 5) is 11.8. The van der Waals surface area contributed by atoms with Crippen molar-refractivity contribution in [2.24, 2.45) is 11.8 Å². The number of rotatable bonds is 2. The van der Waals surface area contributed by atoms with Crippen LogP contribution in [0.15, 0.2) is 0 Å². The zero-order valence-electron chi connectivity index (χ0n) is 8.31. The van der Waals surface area contributed by atoms with Crippen molar-refractivity contribution in [3.63, 3.8) is 0 Å². The maximum absolute atomic E-state index is 11.8. The Morgan fingerprint density at radius 3 is 1.83 bits per heavy atom. The Hall–Kier alpha value is -0.330. The number of ketones is 1. The molecular weight excluding hydrogens is 148 g/mol. The van der Waals surface area contributed by atoms with Crippen LogP contribution in [0.3, 0.4) is 0 Å². The molecule has 1 saturated carbocycles. The Bertz CT molecular complexity index is 135. The minimum atomic E-state index is 0.387. The first-order valence-corrected chi connectivity index (χ1v) is 5.33. The largest absolute Gasteiger partial charge is 0.299 e. The Morgan fingerprint density at radius 1 is 1.08 bits per heavy atom. The molecule has 0 N–H and O–H groups in total. The predicted molar refractivity (Wildman–Crippen MR) is 51.0 cm³/mol. The highest BCUT2D eigenvalue weighted by Crippen LogP contribution is 2.28. The minimum Gasteiger partial charge on any atom is -0.299 e. The van der Waals surface area contributed by atoms with Gasteiger partial charge in [0.15, 0.2) is 0 Å². The van der Waals surface area contributed by atoms with E-state index in [1.807, 2.05) is 0 Å². The van der Waals surface area contributed by atoms with Crippen LogP contribution >= 0.6 is 0 Å². The van der Waals surface area contributed by atoms with Crippen LogP contribution in [0.1, 0.15) is 52.4 Å². The molecule has 1 aliphatic carbocycles. The summed E-state index contributed by atoms with van der Waals surface area (Å²) in [5.74, 6) is 1.33. The summed E-state index contributed by atoms with van der Waals surface area (Å²) >= 11 is 0. The second-order valence-corrected chi connectivity index (χ2v) is 3.90. The molecule has 1 aliphatic rings. The van der Waals surface area contributed by atoms with E-state index in [4.69, 9.17) is 0 Å². The highest BCUT2D eigenvalue weighted by atomic mass is 16.1. The molecule has 0 aromatic heterocycles. The van der Waals surface area contributed by atoms with Gasteiger partial charge < -0.3 is 0 Å². The van der Waals surface area contributed by atoms with Crippen LogP contribution in [0.5, 0.6) is 0 Å². The van der Waals surface area contributed by atoms with Crippen LogP contribution in [-0.2, 0) is 4.79 Å². The SMILES string of the molecule is CCC1CCCCC(CC)C1=O. The summed E-state index contributed by atoms with van der Waals surface area (Å²) in [5.41, 5.74) is 0. The first-order chi connectivity index (χ1) is 5.79. The van der Waals surface area contributed by atoms with Gasteiger partial charge in [0.1, 0.15) is 5.78 Å². The maximum atomic E-state index is 11.8. The topological polar surface area (TPSA) is 17.1 Å². The molecule has 2 unspecified atom stereocenters. The van der Waals surface area contributed by atoms with Gasteiger partial charge in [-0.3, -0.25) is 4.79 Å². The van der Waals surface area contributed by atoms with Gasteiger partial charge in [-0.1, -0.05) is 26.7 Å². The fraction of sp³-hybridized carbons (Fsp3) is 0.909. The van der Waals surface area contributed by atoms with Crippen LogP contribution in [0, 0.1) is 11.8 Å². The lowest BCUT2D eigenvalue weighted by atomic mass is 9.88. The highest BCUT2D eigenvalue weighted by Gasteiger charge is 2.26. The third-order valence-corrected chi connectivity index (χ3v) is 3.15. The van der Waals surface area contributed by atoms with Crippen molar-refractivity contribution in [2.75, 3.05) is 0 Å². The molecule has 0 spiro atoms. The molecule has 70 valence electrons. The fourth-order valence-corrected chi connectivity index (χ4v) is 2.21. The smallest absolute Gasteiger partial charge is 0.139 e. The monoisotopic (exact) mass is 168 g/mol. The lowest BCUT2D eigenvalue weighted by Crippen LogP contribution is -2.20. The quantitative estimate of drug-likeness (QED) is 0.579. The van der Waals surface area contributed by atoms with Gasteiger partial charge in [0.05, 0.1) is 0 Å². The molecule has 0 aromatic carbocycles. The molecular formula is C11H20O. The van der Waals surface area contributed by atoms with E-state index in [1.54, 1.807) is 0 Å². The van der Waals surface area contributed by atoms with Gasteiger partial charge in [0.25, 0.3) is 0 Å². The summed E-state index contributed by atoms with van der Waals surface area (Å²) in [5, 5.41) is 0. The standard InChI is InChI=1S/C11H20O/c1-3-9-7-5-6-8-10(4-2)11(9)12/h9-10H,3-8H2,1-2H3. The summed E-state index contributed by atoms with van der Waals surface area (Å²) in [7, 11) is 0. The summed E-state index contributed by atoms with van der Waals surface area (Å²) in [6, 6.07) is 0. The Kier molecular flexibility index (Phi) is 3.77. The van der Waals surface area contributed by atoms with Crippen molar-refractivity contribution in [2.45, 2.75) is 52.4 Å². The molecule has 0 saturated heterocycles. The van der Waals surface area contributed by atoms with Crippen LogP contribution in [-0.4, -0.2) is 5.78 Å². The maximum Gasteiger partial charge on any atom is 0.139 e. The van der Waals surface area contributed by atoms with Gasteiger partial charge in [0.2, 0.25) is 0 Å². The summed E-state index contributed by atoms with van der Waals surface area (Å²) in [6.45, 7) is 4.28. The Morgan fingerprint density at radius 2 is 1.50 bits per heavy atom. The molecule has 12 heavy (non-hydrogen) atoms. The Labute approximate surface area is 75.5 Å². The predicted octanol–water partition coefficient (Wildman–Crippen LogP) is 3.18. The van der Waals surface area contributed by atoms with E-state index in [0.717, 1.165) is 25.7 Å². The second kappa shape index (κ2) is 4.64. The molecule has 0 radical (unpaired) electrons. The van der Waals surface area contributed by atoms with Gasteiger partial charge in [-0.15, -0.1) is 0 Å². The second-order valence-electron chi connectivity index (χ2n) is 3.90. The van der Waals surface area contributed by atoms with Crippen LogP contribution in [0.2, 0.25) is 0 Å². The van der Waals surface area contributed by atoms with E-state index >= 15 is 0 Å². The van der Waals surface area contributed by atoms with Gasteiger partial charge in [-0.25, -0.2) is 0 Å². The van der Waals surface area contributed by atoms with E-state index < -0.39 is 0 Å². The molecule has 0 aromatic rings. The van der Waals surface area contributed by atoms with Gasteiger partial charge in [-0.05, 0) is 25.7 Å². The van der Waals surface area contributed by atoms with Crippen LogP contribution < -0.4 is 0 Å². The van der Waals surface area contributed by atoms with Gasteiger partial charge in [0, 0.05) is 11.8 Å². The fourth-order valence-electron chi connectivity index (χ4n) is 2.21. The third-order valence-electron chi connectivity index (χ3n) is 3.15. The number of Topliss-reactive ketones (excluding diaryl/α,β-unsaturated/α-hetero) is 1. The molecule has 0 bridgehead atoms. The highest BCUT2D eigenvalue weighted by molar-refractivity contribution is 5.83. The molecule has 1 rings (SSSR count). The zero-order valence-corrected chi connectivity index (χ0v) is 8.31. The average Bonchev–Trinajstić information content (AvgIpc) is 2.27. The van der Waals surface area contributed by atoms with Crippen molar-refractivity contribution >= 4 is 5.78 Å². The molecule has 1 fully saturated rings. The lowest BCUT2D eigenvalue weighted by Gasteiger charge is -2.15. The molecule has 1 nitrogen and oxygen atoms in total. The minimum absolute atomic E-state index is 0.387.